The Balaban J connectivity index is 1.90. The van der Waals surface area contributed by atoms with Gasteiger partial charge in [0.15, 0.2) is 0 Å². The van der Waals surface area contributed by atoms with Crippen molar-refractivity contribution in [3.63, 3.8) is 0 Å². The van der Waals surface area contributed by atoms with Crippen molar-refractivity contribution >= 4 is 27.7 Å². The molecule has 0 fully saturated rings. The summed E-state index contributed by atoms with van der Waals surface area (Å²) in [5.74, 6) is 0.582. The Morgan fingerprint density at radius 1 is 1.20 bits per heavy atom. The fourth-order valence-electron chi connectivity index (χ4n) is 1.88. The van der Waals surface area contributed by atoms with Crippen LogP contribution in [0.25, 0.3) is 0 Å². The van der Waals surface area contributed by atoms with Crippen LogP contribution < -0.4 is 5.73 Å². The standard InChI is InChI=1S/C16H17BrFNS/c1-11-2-5-15(6-3-11)20-10-14(19)9-12-8-13(17)4-7-16(12)18/h2-8,14H,9-10,19H2,1H3. The van der Waals surface area contributed by atoms with Crippen molar-refractivity contribution in [2.75, 3.05) is 5.75 Å². The largest absolute Gasteiger partial charge is 0.327 e. The number of rotatable bonds is 5. The lowest BCUT2D eigenvalue weighted by Gasteiger charge is -2.12. The van der Waals surface area contributed by atoms with Gasteiger partial charge in [0.25, 0.3) is 0 Å². The van der Waals surface area contributed by atoms with Gasteiger partial charge in [-0.25, -0.2) is 4.39 Å². The maximum absolute atomic E-state index is 13.7. The molecule has 0 amide bonds. The van der Waals surface area contributed by atoms with E-state index in [1.165, 1.54) is 16.5 Å². The highest BCUT2D eigenvalue weighted by molar-refractivity contribution is 9.10. The normalized spacial score (nSPS) is 12.4. The lowest BCUT2D eigenvalue weighted by Crippen LogP contribution is -2.26. The predicted molar refractivity (Wildman–Crippen MR) is 87.7 cm³/mol. The third-order valence-electron chi connectivity index (χ3n) is 2.97. The summed E-state index contributed by atoms with van der Waals surface area (Å²) in [5.41, 5.74) is 8.01. The van der Waals surface area contributed by atoms with Crippen LogP contribution in [0, 0.1) is 12.7 Å². The van der Waals surface area contributed by atoms with Crippen molar-refractivity contribution in [3.05, 3.63) is 63.9 Å². The minimum Gasteiger partial charge on any atom is -0.327 e. The molecule has 0 spiro atoms. The average molecular weight is 354 g/mol. The summed E-state index contributed by atoms with van der Waals surface area (Å²) in [4.78, 5) is 1.20. The van der Waals surface area contributed by atoms with Gasteiger partial charge in [-0.2, -0.15) is 0 Å². The smallest absolute Gasteiger partial charge is 0.126 e. The minimum atomic E-state index is -0.191. The number of aryl methyl sites for hydroxylation is 1. The quantitative estimate of drug-likeness (QED) is 0.797. The predicted octanol–water partition coefficient (Wildman–Crippen LogP) is 4.56. The summed E-state index contributed by atoms with van der Waals surface area (Å²) in [6, 6.07) is 13.3. The van der Waals surface area contributed by atoms with E-state index >= 15 is 0 Å². The molecular formula is C16H17BrFNS. The molecule has 106 valence electrons. The topological polar surface area (TPSA) is 26.0 Å². The van der Waals surface area contributed by atoms with Gasteiger partial charge in [0.1, 0.15) is 5.82 Å². The lowest BCUT2D eigenvalue weighted by atomic mass is 10.1. The molecule has 0 aliphatic carbocycles. The maximum atomic E-state index is 13.7. The molecule has 1 unspecified atom stereocenters. The number of nitrogens with two attached hydrogens (primary N) is 1. The van der Waals surface area contributed by atoms with Crippen LogP contribution in [0.5, 0.6) is 0 Å². The van der Waals surface area contributed by atoms with Gasteiger partial charge in [-0.3, -0.25) is 0 Å². The number of thioether (sulfide) groups is 1. The van der Waals surface area contributed by atoms with Crippen LogP contribution in [0.4, 0.5) is 4.39 Å². The first-order chi connectivity index (χ1) is 9.54. The fourth-order valence-corrected chi connectivity index (χ4v) is 3.14. The molecule has 1 atom stereocenters. The van der Waals surface area contributed by atoms with Gasteiger partial charge in [0.2, 0.25) is 0 Å². The fraction of sp³-hybridized carbons (Fsp3) is 0.250. The molecule has 0 aliphatic heterocycles. The van der Waals surface area contributed by atoms with Crippen molar-refractivity contribution in [1.29, 1.82) is 0 Å². The highest BCUT2D eigenvalue weighted by Gasteiger charge is 2.09. The highest BCUT2D eigenvalue weighted by atomic mass is 79.9. The first-order valence-corrected chi connectivity index (χ1v) is 8.21. The van der Waals surface area contributed by atoms with E-state index in [1.807, 2.05) is 0 Å². The second kappa shape index (κ2) is 7.25. The van der Waals surface area contributed by atoms with Gasteiger partial charge in [0.05, 0.1) is 0 Å². The second-order valence-electron chi connectivity index (χ2n) is 4.82. The van der Waals surface area contributed by atoms with Crippen LogP contribution in [0.15, 0.2) is 51.8 Å². The molecule has 0 bridgehead atoms. The zero-order valence-corrected chi connectivity index (χ0v) is 13.7. The van der Waals surface area contributed by atoms with E-state index in [4.69, 9.17) is 5.73 Å². The molecule has 0 saturated heterocycles. The molecule has 0 saturated carbocycles. The number of halogens is 2. The van der Waals surface area contributed by atoms with Crippen molar-refractivity contribution < 1.29 is 4.39 Å². The number of benzene rings is 2. The van der Waals surface area contributed by atoms with E-state index in [0.717, 1.165) is 10.2 Å². The monoisotopic (exact) mass is 353 g/mol. The molecule has 2 rings (SSSR count). The van der Waals surface area contributed by atoms with Crippen molar-refractivity contribution in [2.45, 2.75) is 24.3 Å². The SMILES string of the molecule is Cc1ccc(SCC(N)Cc2cc(Br)ccc2F)cc1. The maximum Gasteiger partial charge on any atom is 0.126 e. The summed E-state index contributed by atoms with van der Waals surface area (Å²) in [5, 5.41) is 0. The van der Waals surface area contributed by atoms with Crippen LogP contribution in [0.2, 0.25) is 0 Å². The van der Waals surface area contributed by atoms with Gasteiger partial charge in [-0.1, -0.05) is 33.6 Å². The summed E-state index contributed by atoms with van der Waals surface area (Å²) >= 11 is 5.06. The number of hydrogen-bond acceptors (Lipinski definition) is 2. The van der Waals surface area contributed by atoms with Gasteiger partial charge in [-0.15, -0.1) is 11.8 Å². The van der Waals surface area contributed by atoms with Crippen molar-refractivity contribution in [2.24, 2.45) is 5.73 Å². The zero-order chi connectivity index (χ0) is 14.5. The Morgan fingerprint density at radius 3 is 2.60 bits per heavy atom. The lowest BCUT2D eigenvalue weighted by molar-refractivity contribution is 0.597. The van der Waals surface area contributed by atoms with E-state index in [1.54, 1.807) is 23.9 Å². The molecule has 4 heteroatoms. The van der Waals surface area contributed by atoms with Gasteiger partial charge in [-0.05, 0) is 49.2 Å². The average Bonchev–Trinajstić information content (AvgIpc) is 2.42. The Kier molecular flexibility index (Phi) is 5.64. The van der Waals surface area contributed by atoms with E-state index in [-0.39, 0.29) is 11.9 Å². The Hall–Kier alpha value is -0.840. The van der Waals surface area contributed by atoms with Crippen LogP contribution in [0.3, 0.4) is 0 Å². The van der Waals surface area contributed by atoms with Crippen molar-refractivity contribution in [1.82, 2.24) is 0 Å². The Bertz CT molecular complexity index is 571. The van der Waals surface area contributed by atoms with Crippen LogP contribution >= 0.6 is 27.7 Å². The van der Waals surface area contributed by atoms with Gasteiger partial charge in [0, 0.05) is 21.2 Å². The molecule has 0 aliphatic rings. The van der Waals surface area contributed by atoms with Crippen molar-refractivity contribution in [3.8, 4) is 0 Å². The summed E-state index contributed by atoms with van der Waals surface area (Å²) in [6.07, 6.45) is 0.546. The third kappa shape index (κ3) is 4.62. The molecule has 0 radical (unpaired) electrons. The molecule has 2 aromatic rings. The molecule has 0 heterocycles. The van der Waals surface area contributed by atoms with E-state index < -0.39 is 0 Å². The molecule has 2 aromatic carbocycles. The van der Waals surface area contributed by atoms with Gasteiger partial charge >= 0.3 is 0 Å². The Labute approximate surface area is 131 Å². The van der Waals surface area contributed by atoms with E-state index in [9.17, 15) is 4.39 Å². The summed E-state index contributed by atoms with van der Waals surface area (Å²) in [7, 11) is 0. The third-order valence-corrected chi connectivity index (χ3v) is 4.67. The molecular weight excluding hydrogens is 337 g/mol. The molecule has 2 N–H and O–H groups in total. The molecule has 0 aromatic heterocycles. The van der Waals surface area contributed by atoms with E-state index in [2.05, 4.69) is 47.1 Å². The second-order valence-corrected chi connectivity index (χ2v) is 6.83. The Morgan fingerprint density at radius 2 is 1.90 bits per heavy atom. The van der Waals surface area contributed by atoms with Crippen LogP contribution in [-0.2, 0) is 6.42 Å². The van der Waals surface area contributed by atoms with Crippen LogP contribution in [0.1, 0.15) is 11.1 Å². The van der Waals surface area contributed by atoms with Crippen LogP contribution in [-0.4, -0.2) is 11.8 Å². The van der Waals surface area contributed by atoms with Gasteiger partial charge < -0.3 is 5.73 Å². The first-order valence-electron chi connectivity index (χ1n) is 6.43. The summed E-state index contributed by atoms with van der Waals surface area (Å²) in [6.45, 7) is 2.07. The van der Waals surface area contributed by atoms with E-state index in [0.29, 0.717) is 12.0 Å². The molecule has 20 heavy (non-hydrogen) atoms. The minimum absolute atomic E-state index is 0.0647. The zero-order valence-electron chi connectivity index (χ0n) is 11.3. The summed E-state index contributed by atoms with van der Waals surface area (Å²) < 4.78 is 14.5. The highest BCUT2D eigenvalue weighted by Crippen LogP contribution is 2.21. The first kappa shape index (κ1) is 15.5. The molecule has 1 nitrogen and oxygen atoms in total. The number of hydrogen-bond donors (Lipinski definition) is 1.